The summed E-state index contributed by atoms with van der Waals surface area (Å²) in [5, 5.41) is 2.97. The third kappa shape index (κ3) is 4.14. The lowest BCUT2D eigenvalue weighted by atomic mass is 9.92. The van der Waals surface area contributed by atoms with E-state index in [1.807, 2.05) is 0 Å². The summed E-state index contributed by atoms with van der Waals surface area (Å²) >= 11 is 6.71. The van der Waals surface area contributed by atoms with Gasteiger partial charge in [0.15, 0.2) is 0 Å². The minimum absolute atomic E-state index is 0.0923. The lowest BCUT2D eigenvalue weighted by molar-refractivity contribution is -0.126. The molecule has 0 aromatic rings. The van der Waals surface area contributed by atoms with Gasteiger partial charge in [0.25, 0.3) is 0 Å². The van der Waals surface area contributed by atoms with E-state index in [-0.39, 0.29) is 15.6 Å². The summed E-state index contributed by atoms with van der Waals surface area (Å²) in [5.74, 6) is -0.0923. The molecular weight excluding hydrogens is 252 g/mol. The number of nitrogens with two attached hydrogens (primary N) is 1. The van der Waals surface area contributed by atoms with Crippen molar-refractivity contribution in [1.82, 2.24) is 5.32 Å². The van der Waals surface area contributed by atoms with Gasteiger partial charge in [-0.2, -0.15) is 11.8 Å². The molecule has 0 aliphatic carbocycles. The largest absolute Gasteiger partial charge is 0.392 e. The van der Waals surface area contributed by atoms with Crippen LogP contribution in [0.15, 0.2) is 0 Å². The molecule has 3 N–H and O–H groups in total. The quantitative estimate of drug-likeness (QED) is 0.701. The maximum atomic E-state index is 12.0. The van der Waals surface area contributed by atoms with E-state index < -0.39 is 5.41 Å². The third-order valence-corrected chi connectivity index (χ3v) is 5.57. The Morgan fingerprint density at radius 2 is 1.82 bits per heavy atom. The number of carbonyl (C=O) groups is 1. The molecule has 0 saturated carbocycles. The second-order valence-electron chi connectivity index (χ2n) is 4.77. The van der Waals surface area contributed by atoms with E-state index in [1.165, 1.54) is 0 Å². The van der Waals surface area contributed by atoms with Gasteiger partial charge in [-0.3, -0.25) is 4.79 Å². The van der Waals surface area contributed by atoms with Gasteiger partial charge >= 0.3 is 0 Å². The fourth-order valence-electron chi connectivity index (χ4n) is 1.44. The third-order valence-electron chi connectivity index (χ3n) is 3.48. The molecule has 0 aliphatic heterocycles. The van der Waals surface area contributed by atoms with Crippen molar-refractivity contribution in [2.24, 2.45) is 11.1 Å². The summed E-state index contributed by atoms with van der Waals surface area (Å²) in [4.78, 5) is 12.2. The molecule has 0 rings (SSSR count). The van der Waals surface area contributed by atoms with Gasteiger partial charge in [0.05, 0.1) is 10.4 Å². The Labute approximate surface area is 114 Å². The number of rotatable bonds is 7. The van der Waals surface area contributed by atoms with E-state index in [2.05, 4.69) is 25.4 Å². The zero-order chi connectivity index (χ0) is 13.7. The molecule has 0 spiro atoms. The van der Waals surface area contributed by atoms with E-state index >= 15 is 0 Å². The van der Waals surface area contributed by atoms with Gasteiger partial charge in [-0.05, 0) is 32.9 Å². The maximum Gasteiger partial charge on any atom is 0.232 e. The maximum absolute atomic E-state index is 12.0. The fourth-order valence-corrected chi connectivity index (χ4v) is 2.32. The van der Waals surface area contributed by atoms with E-state index in [0.29, 0.717) is 6.54 Å². The van der Waals surface area contributed by atoms with Crippen molar-refractivity contribution in [2.45, 2.75) is 45.3 Å². The number of carbonyl (C=O) groups excluding carboxylic acids is 1. The second-order valence-corrected chi connectivity index (χ2v) is 6.48. The molecule has 0 aromatic carbocycles. The van der Waals surface area contributed by atoms with Gasteiger partial charge in [-0.25, -0.2) is 0 Å². The van der Waals surface area contributed by atoms with Crippen LogP contribution in [-0.4, -0.2) is 28.4 Å². The van der Waals surface area contributed by atoms with Crippen LogP contribution in [-0.2, 0) is 4.79 Å². The zero-order valence-electron chi connectivity index (χ0n) is 11.4. The molecule has 0 fully saturated rings. The van der Waals surface area contributed by atoms with Crippen molar-refractivity contribution in [3.8, 4) is 0 Å². The Hall–Kier alpha value is -0.290. The smallest absolute Gasteiger partial charge is 0.232 e. The minimum Gasteiger partial charge on any atom is -0.392 e. The normalized spacial score (nSPS) is 12.3. The summed E-state index contributed by atoms with van der Waals surface area (Å²) in [6.07, 6.45) is 4.13. The number of amides is 1. The fraction of sp³-hybridized carbons (Fsp3) is 0.833. The molecule has 17 heavy (non-hydrogen) atoms. The Bertz CT molecular complexity index is 278. The summed E-state index contributed by atoms with van der Waals surface area (Å²) in [6.45, 7) is 8.45. The summed E-state index contributed by atoms with van der Waals surface area (Å²) < 4.78 is 0.113. The highest BCUT2D eigenvalue weighted by Gasteiger charge is 2.33. The Morgan fingerprint density at radius 3 is 2.12 bits per heavy atom. The average molecular weight is 276 g/mol. The van der Waals surface area contributed by atoms with Crippen LogP contribution in [0, 0.1) is 5.41 Å². The molecule has 5 heteroatoms. The summed E-state index contributed by atoms with van der Waals surface area (Å²) in [5.41, 5.74) is 4.80. The van der Waals surface area contributed by atoms with Crippen LogP contribution in [0.2, 0.25) is 0 Å². The Kier molecular flexibility index (Phi) is 6.48. The lowest BCUT2D eigenvalue weighted by Crippen LogP contribution is -2.49. The molecule has 100 valence electrons. The molecule has 0 saturated heterocycles. The Balaban J connectivity index is 4.57. The van der Waals surface area contributed by atoms with Crippen LogP contribution in [0.3, 0.4) is 0 Å². The van der Waals surface area contributed by atoms with Gasteiger partial charge in [-0.1, -0.05) is 26.1 Å². The van der Waals surface area contributed by atoms with Crippen molar-refractivity contribution in [1.29, 1.82) is 0 Å². The molecular formula is C12H24N2OS2. The predicted molar refractivity (Wildman–Crippen MR) is 80.4 cm³/mol. The topological polar surface area (TPSA) is 55.1 Å². The summed E-state index contributed by atoms with van der Waals surface area (Å²) in [7, 11) is 0. The zero-order valence-corrected chi connectivity index (χ0v) is 13.1. The lowest BCUT2D eigenvalue weighted by Gasteiger charge is -2.31. The van der Waals surface area contributed by atoms with Crippen LogP contribution < -0.4 is 11.1 Å². The van der Waals surface area contributed by atoms with E-state index in [9.17, 15) is 4.79 Å². The van der Waals surface area contributed by atoms with Crippen molar-refractivity contribution < 1.29 is 4.79 Å². The second kappa shape index (κ2) is 6.59. The van der Waals surface area contributed by atoms with Gasteiger partial charge in [0.1, 0.15) is 0 Å². The first-order valence-electron chi connectivity index (χ1n) is 5.89. The van der Waals surface area contributed by atoms with Gasteiger partial charge < -0.3 is 11.1 Å². The molecule has 0 aromatic heterocycles. The number of thioether (sulfide) groups is 1. The van der Waals surface area contributed by atoms with Gasteiger partial charge in [0, 0.05) is 11.3 Å². The highest BCUT2D eigenvalue weighted by molar-refractivity contribution is 8.00. The summed E-state index contributed by atoms with van der Waals surface area (Å²) in [6, 6.07) is 0. The molecule has 1 amide bonds. The highest BCUT2D eigenvalue weighted by atomic mass is 32.2. The van der Waals surface area contributed by atoms with E-state index in [1.54, 1.807) is 25.6 Å². The SMILES string of the molecule is CCC(CC)(CNC(=O)C(C)(C)C(N)=S)SC. The molecule has 0 unspecified atom stereocenters. The number of nitrogens with one attached hydrogen (secondary N) is 1. The van der Waals surface area contributed by atoms with Crippen LogP contribution in [0.25, 0.3) is 0 Å². The minimum atomic E-state index is -0.777. The Morgan fingerprint density at radius 1 is 1.35 bits per heavy atom. The molecule has 0 atom stereocenters. The standard InChI is InChI=1S/C12H24N2OS2/c1-6-12(7-2,17-5)8-14-10(15)11(3,4)9(13)16/h6-8H2,1-5H3,(H2,13,16)(H,14,15). The molecule has 0 radical (unpaired) electrons. The van der Waals surface area contributed by atoms with Crippen LogP contribution >= 0.6 is 24.0 Å². The van der Waals surface area contributed by atoms with Gasteiger partial charge in [0.2, 0.25) is 5.91 Å². The monoisotopic (exact) mass is 276 g/mol. The van der Waals surface area contributed by atoms with Crippen molar-refractivity contribution in [3.63, 3.8) is 0 Å². The van der Waals surface area contributed by atoms with Crippen molar-refractivity contribution >= 4 is 34.9 Å². The highest BCUT2D eigenvalue weighted by Crippen LogP contribution is 2.30. The van der Waals surface area contributed by atoms with Crippen molar-refractivity contribution in [3.05, 3.63) is 0 Å². The number of hydrogen-bond donors (Lipinski definition) is 2. The van der Waals surface area contributed by atoms with Gasteiger partial charge in [-0.15, -0.1) is 0 Å². The molecule has 3 nitrogen and oxygen atoms in total. The molecule has 0 aliphatic rings. The van der Waals surface area contributed by atoms with Crippen LogP contribution in [0.4, 0.5) is 0 Å². The van der Waals surface area contributed by atoms with E-state index in [0.717, 1.165) is 12.8 Å². The number of hydrogen-bond acceptors (Lipinski definition) is 3. The first-order chi connectivity index (χ1) is 7.75. The molecule has 0 heterocycles. The van der Waals surface area contributed by atoms with Crippen LogP contribution in [0.1, 0.15) is 40.5 Å². The predicted octanol–water partition coefficient (Wildman–Crippen LogP) is 2.34. The number of thiocarbonyl (C=S) groups is 1. The van der Waals surface area contributed by atoms with E-state index in [4.69, 9.17) is 18.0 Å². The first kappa shape index (κ1) is 16.7. The van der Waals surface area contributed by atoms with Crippen molar-refractivity contribution in [2.75, 3.05) is 12.8 Å². The molecule has 0 bridgehead atoms. The first-order valence-corrected chi connectivity index (χ1v) is 7.52. The van der Waals surface area contributed by atoms with Crippen LogP contribution in [0.5, 0.6) is 0 Å². The average Bonchev–Trinajstić information content (AvgIpc) is 2.31.